The van der Waals surface area contributed by atoms with E-state index in [4.69, 9.17) is 21.4 Å². The number of nitrogens with one attached hydrogen (secondary N) is 1. The van der Waals surface area contributed by atoms with Crippen molar-refractivity contribution in [2.75, 3.05) is 19.8 Å². The number of thiophene rings is 1. The van der Waals surface area contributed by atoms with Gasteiger partial charge in [0.25, 0.3) is 5.91 Å². The molecule has 0 saturated carbocycles. The van der Waals surface area contributed by atoms with E-state index >= 15 is 0 Å². The monoisotopic (exact) mass is 325 g/mol. The van der Waals surface area contributed by atoms with Gasteiger partial charge in [0.15, 0.2) is 0 Å². The summed E-state index contributed by atoms with van der Waals surface area (Å²) in [5, 5.41) is 16.1. The van der Waals surface area contributed by atoms with Crippen molar-refractivity contribution in [1.82, 2.24) is 5.32 Å². The molecule has 2 aromatic rings. The van der Waals surface area contributed by atoms with Crippen LogP contribution in [-0.4, -0.2) is 30.8 Å². The highest BCUT2D eigenvalue weighted by atomic mass is 35.5. The van der Waals surface area contributed by atoms with Crippen LogP contribution in [0, 0.1) is 0 Å². The van der Waals surface area contributed by atoms with E-state index in [9.17, 15) is 4.79 Å². The lowest BCUT2D eigenvalue weighted by Crippen LogP contribution is -2.29. The molecular formula is C15H16ClNO3S. The Morgan fingerprint density at radius 2 is 2.29 bits per heavy atom. The van der Waals surface area contributed by atoms with Crippen molar-refractivity contribution in [3.05, 3.63) is 57.2 Å². The molecule has 112 valence electrons. The second-order valence-corrected chi connectivity index (χ2v) is 5.58. The minimum atomic E-state index is -0.272. The largest absolute Gasteiger partial charge is 0.394 e. The molecule has 0 bridgehead atoms. The first-order valence-electron chi connectivity index (χ1n) is 6.49. The zero-order chi connectivity index (χ0) is 15.1. The summed E-state index contributed by atoms with van der Waals surface area (Å²) in [6, 6.07) is 8.71. The van der Waals surface area contributed by atoms with Crippen molar-refractivity contribution < 1.29 is 14.6 Å². The Morgan fingerprint density at radius 1 is 1.43 bits per heavy atom. The van der Waals surface area contributed by atoms with Crippen molar-refractivity contribution in [2.45, 2.75) is 6.10 Å². The molecule has 0 fully saturated rings. The van der Waals surface area contributed by atoms with E-state index in [-0.39, 0.29) is 25.2 Å². The maximum atomic E-state index is 12.1. The van der Waals surface area contributed by atoms with Gasteiger partial charge in [0.2, 0.25) is 0 Å². The number of aliphatic hydroxyl groups excluding tert-OH is 1. The molecular weight excluding hydrogens is 310 g/mol. The molecule has 6 heteroatoms. The van der Waals surface area contributed by atoms with E-state index in [1.54, 1.807) is 35.6 Å². The number of ether oxygens (including phenoxy) is 1. The summed E-state index contributed by atoms with van der Waals surface area (Å²) >= 11 is 7.43. The van der Waals surface area contributed by atoms with Gasteiger partial charge in [-0.2, -0.15) is 11.3 Å². The van der Waals surface area contributed by atoms with Crippen LogP contribution in [0.3, 0.4) is 0 Å². The second-order valence-electron chi connectivity index (χ2n) is 4.36. The van der Waals surface area contributed by atoms with Crippen molar-refractivity contribution in [3.8, 4) is 0 Å². The number of amides is 1. The number of benzene rings is 1. The molecule has 1 aromatic carbocycles. The van der Waals surface area contributed by atoms with Gasteiger partial charge in [-0.3, -0.25) is 4.79 Å². The average molecular weight is 326 g/mol. The summed E-state index contributed by atoms with van der Waals surface area (Å²) in [7, 11) is 0. The molecule has 0 aliphatic rings. The highest BCUT2D eigenvalue weighted by molar-refractivity contribution is 7.07. The lowest BCUT2D eigenvalue weighted by molar-refractivity contribution is 0.0279. The van der Waals surface area contributed by atoms with Gasteiger partial charge in [-0.25, -0.2) is 0 Å². The summed E-state index contributed by atoms with van der Waals surface area (Å²) in [6.07, 6.45) is -0.272. The third kappa shape index (κ3) is 4.82. The lowest BCUT2D eigenvalue weighted by Gasteiger charge is -2.17. The molecule has 0 saturated heterocycles. The molecule has 0 radical (unpaired) electrons. The van der Waals surface area contributed by atoms with Crippen LogP contribution >= 0.6 is 22.9 Å². The van der Waals surface area contributed by atoms with Crippen molar-refractivity contribution in [1.29, 1.82) is 0 Å². The summed E-state index contributed by atoms with van der Waals surface area (Å²) in [5.74, 6) is -0.203. The Kier molecular flexibility index (Phi) is 6.20. The average Bonchev–Trinajstić information content (AvgIpc) is 3.01. The minimum Gasteiger partial charge on any atom is -0.394 e. The van der Waals surface area contributed by atoms with E-state index in [2.05, 4.69) is 5.32 Å². The first-order valence-corrected chi connectivity index (χ1v) is 7.81. The van der Waals surface area contributed by atoms with Gasteiger partial charge in [-0.05, 0) is 40.6 Å². The highest BCUT2D eigenvalue weighted by Gasteiger charge is 2.14. The Hall–Kier alpha value is -1.40. The van der Waals surface area contributed by atoms with Crippen LogP contribution in [0.2, 0.25) is 5.02 Å². The summed E-state index contributed by atoms with van der Waals surface area (Å²) in [5.41, 5.74) is 1.49. The minimum absolute atomic E-state index is 0.0527. The zero-order valence-electron chi connectivity index (χ0n) is 11.3. The molecule has 1 amide bonds. The summed E-state index contributed by atoms with van der Waals surface area (Å²) in [4.78, 5) is 12.1. The lowest BCUT2D eigenvalue weighted by atomic mass is 10.1. The first kappa shape index (κ1) is 16.0. The Morgan fingerprint density at radius 3 is 2.95 bits per heavy atom. The van der Waals surface area contributed by atoms with Crippen LogP contribution in [0.1, 0.15) is 22.0 Å². The smallest absolute Gasteiger partial charge is 0.251 e. The highest BCUT2D eigenvalue weighted by Crippen LogP contribution is 2.19. The van der Waals surface area contributed by atoms with Crippen LogP contribution in [0.25, 0.3) is 0 Å². The number of rotatable bonds is 7. The standard InChI is InChI=1S/C15H16ClNO3S/c16-13-3-1-2-11(8-13)15(19)17-9-14(20-6-5-18)12-4-7-21-10-12/h1-4,7-8,10,14,18H,5-6,9H2,(H,17,19). The Bertz CT molecular complexity index is 574. The van der Waals surface area contributed by atoms with Gasteiger partial charge in [-0.15, -0.1) is 0 Å². The van der Waals surface area contributed by atoms with E-state index < -0.39 is 0 Å². The molecule has 0 spiro atoms. The van der Waals surface area contributed by atoms with Gasteiger partial charge < -0.3 is 15.2 Å². The first-order chi connectivity index (χ1) is 10.2. The fraction of sp³-hybridized carbons (Fsp3) is 0.267. The quantitative estimate of drug-likeness (QED) is 0.823. The molecule has 2 rings (SSSR count). The number of carbonyl (C=O) groups excluding carboxylic acids is 1. The normalized spacial score (nSPS) is 12.1. The summed E-state index contributed by atoms with van der Waals surface area (Å²) < 4.78 is 5.56. The van der Waals surface area contributed by atoms with Gasteiger partial charge in [0.05, 0.1) is 13.2 Å². The number of hydrogen-bond acceptors (Lipinski definition) is 4. The summed E-state index contributed by atoms with van der Waals surface area (Å²) in [6.45, 7) is 0.512. The zero-order valence-corrected chi connectivity index (χ0v) is 12.9. The van der Waals surface area contributed by atoms with Crippen molar-refractivity contribution >= 4 is 28.8 Å². The number of carbonyl (C=O) groups is 1. The molecule has 1 atom stereocenters. The molecule has 1 heterocycles. The van der Waals surface area contributed by atoms with Crippen LogP contribution < -0.4 is 5.32 Å². The second kappa shape index (κ2) is 8.14. The molecule has 1 unspecified atom stereocenters. The van der Waals surface area contributed by atoms with Crippen molar-refractivity contribution in [2.24, 2.45) is 0 Å². The van der Waals surface area contributed by atoms with E-state index in [1.807, 2.05) is 16.8 Å². The molecule has 2 N–H and O–H groups in total. The van der Waals surface area contributed by atoms with E-state index in [0.717, 1.165) is 5.56 Å². The topological polar surface area (TPSA) is 58.6 Å². The SMILES string of the molecule is O=C(NCC(OCCO)c1ccsc1)c1cccc(Cl)c1. The molecule has 1 aromatic heterocycles. The third-order valence-electron chi connectivity index (χ3n) is 2.86. The fourth-order valence-corrected chi connectivity index (χ4v) is 2.74. The maximum absolute atomic E-state index is 12.1. The van der Waals surface area contributed by atoms with Gasteiger partial charge >= 0.3 is 0 Å². The fourth-order valence-electron chi connectivity index (χ4n) is 1.84. The number of halogens is 1. The maximum Gasteiger partial charge on any atom is 0.251 e. The van der Waals surface area contributed by atoms with E-state index in [1.165, 1.54) is 0 Å². The predicted molar refractivity (Wildman–Crippen MR) is 83.9 cm³/mol. The Labute approximate surface area is 132 Å². The van der Waals surface area contributed by atoms with Crippen molar-refractivity contribution in [3.63, 3.8) is 0 Å². The van der Waals surface area contributed by atoms with Gasteiger partial charge in [0, 0.05) is 17.1 Å². The van der Waals surface area contributed by atoms with Gasteiger partial charge in [0.1, 0.15) is 6.10 Å². The van der Waals surface area contributed by atoms with E-state index in [0.29, 0.717) is 17.1 Å². The van der Waals surface area contributed by atoms with Crippen LogP contribution in [0.15, 0.2) is 41.1 Å². The van der Waals surface area contributed by atoms with Crippen LogP contribution in [0.5, 0.6) is 0 Å². The molecule has 21 heavy (non-hydrogen) atoms. The van der Waals surface area contributed by atoms with Crippen LogP contribution in [-0.2, 0) is 4.74 Å². The predicted octanol–water partition coefficient (Wildman–Crippen LogP) is 2.88. The molecule has 4 nitrogen and oxygen atoms in total. The number of aliphatic hydroxyl groups is 1. The third-order valence-corrected chi connectivity index (χ3v) is 3.80. The Balaban J connectivity index is 1.96. The van der Waals surface area contributed by atoms with Gasteiger partial charge in [-0.1, -0.05) is 17.7 Å². The molecule has 0 aliphatic carbocycles. The molecule has 0 aliphatic heterocycles. The number of hydrogen-bond donors (Lipinski definition) is 2. The van der Waals surface area contributed by atoms with Crippen LogP contribution in [0.4, 0.5) is 0 Å².